The molecule has 0 aliphatic rings. The number of nitrogens with zero attached hydrogens (tertiary/aromatic N) is 2. The molecule has 6 nitrogen and oxygen atoms in total. The fourth-order valence-corrected chi connectivity index (χ4v) is 2.27. The number of carbonyl (C=O) groups excluding carboxylic acids is 1. The fraction of sp³-hybridized carbons (Fsp3) is 0.471. The molecule has 1 amide bonds. The van der Waals surface area contributed by atoms with Crippen LogP contribution in [0.1, 0.15) is 39.2 Å². The molecule has 1 unspecified atom stereocenters. The minimum atomic E-state index is -0.493. The van der Waals surface area contributed by atoms with Crippen molar-refractivity contribution in [3.8, 4) is 11.3 Å². The standard InChI is InChI=1S/C17H24N4O2/c1-4-6-11-23-12(3)17(22)19-16-14(5-2)15(20-21-16)13-7-9-18-10-8-13/h7-10,12H,4-6,11H2,1-3H3,(H2,19,20,21,22). The quantitative estimate of drug-likeness (QED) is 0.733. The van der Waals surface area contributed by atoms with Gasteiger partial charge in [0.15, 0.2) is 5.82 Å². The first-order valence-electron chi connectivity index (χ1n) is 8.07. The van der Waals surface area contributed by atoms with E-state index in [9.17, 15) is 4.79 Å². The maximum Gasteiger partial charge on any atom is 0.254 e. The van der Waals surface area contributed by atoms with E-state index in [1.165, 1.54) is 0 Å². The average Bonchev–Trinajstić information content (AvgIpc) is 2.98. The monoisotopic (exact) mass is 316 g/mol. The van der Waals surface area contributed by atoms with E-state index >= 15 is 0 Å². The number of aromatic nitrogens is 3. The number of anilines is 1. The zero-order chi connectivity index (χ0) is 16.7. The second-order valence-electron chi connectivity index (χ2n) is 5.37. The van der Waals surface area contributed by atoms with Crippen molar-refractivity contribution < 1.29 is 9.53 Å². The van der Waals surface area contributed by atoms with Crippen LogP contribution < -0.4 is 5.32 Å². The summed E-state index contributed by atoms with van der Waals surface area (Å²) in [4.78, 5) is 16.2. The normalized spacial score (nSPS) is 12.1. The van der Waals surface area contributed by atoms with Gasteiger partial charge in [-0.3, -0.25) is 14.9 Å². The lowest BCUT2D eigenvalue weighted by Crippen LogP contribution is -2.28. The van der Waals surface area contributed by atoms with Crippen LogP contribution in [0, 0.1) is 0 Å². The molecule has 124 valence electrons. The molecule has 2 rings (SSSR count). The van der Waals surface area contributed by atoms with E-state index in [1.54, 1.807) is 19.3 Å². The highest BCUT2D eigenvalue weighted by atomic mass is 16.5. The molecule has 2 heterocycles. The molecule has 2 aromatic rings. The van der Waals surface area contributed by atoms with E-state index in [-0.39, 0.29) is 5.91 Å². The average molecular weight is 316 g/mol. The van der Waals surface area contributed by atoms with Gasteiger partial charge in [-0.1, -0.05) is 20.3 Å². The molecule has 23 heavy (non-hydrogen) atoms. The van der Waals surface area contributed by atoms with E-state index in [4.69, 9.17) is 4.74 Å². The van der Waals surface area contributed by atoms with Crippen molar-refractivity contribution in [2.45, 2.75) is 46.1 Å². The Balaban J connectivity index is 2.09. The van der Waals surface area contributed by atoms with E-state index in [2.05, 4.69) is 27.4 Å². The molecule has 0 aromatic carbocycles. The number of carbonyl (C=O) groups is 1. The zero-order valence-electron chi connectivity index (χ0n) is 13.9. The minimum Gasteiger partial charge on any atom is -0.369 e. The van der Waals surface area contributed by atoms with Gasteiger partial charge in [0, 0.05) is 30.1 Å². The van der Waals surface area contributed by atoms with Crippen molar-refractivity contribution in [3.63, 3.8) is 0 Å². The fourth-order valence-electron chi connectivity index (χ4n) is 2.27. The Morgan fingerprint density at radius 1 is 1.35 bits per heavy atom. The van der Waals surface area contributed by atoms with Crippen LogP contribution in [0.3, 0.4) is 0 Å². The number of rotatable bonds is 8. The van der Waals surface area contributed by atoms with Gasteiger partial charge in [-0.2, -0.15) is 5.10 Å². The molecule has 0 saturated heterocycles. The van der Waals surface area contributed by atoms with Gasteiger partial charge in [-0.25, -0.2) is 0 Å². The van der Waals surface area contributed by atoms with E-state index < -0.39 is 6.10 Å². The van der Waals surface area contributed by atoms with Crippen molar-refractivity contribution in [3.05, 3.63) is 30.1 Å². The second-order valence-corrected chi connectivity index (χ2v) is 5.37. The summed E-state index contributed by atoms with van der Waals surface area (Å²) in [6.45, 7) is 6.47. The number of ether oxygens (including phenoxy) is 1. The number of aromatic amines is 1. The van der Waals surface area contributed by atoms with Crippen LogP contribution in [-0.4, -0.2) is 33.8 Å². The van der Waals surface area contributed by atoms with Crippen LogP contribution in [0.2, 0.25) is 0 Å². The molecule has 6 heteroatoms. The van der Waals surface area contributed by atoms with Crippen LogP contribution >= 0.6 is 0 Å². The topological polar surface area (TPSA) is 79.9 Å². The van der Waals surface area contributed by atoms with Gasteiger partial charge in [0.1, 0.15) is 6.10 Å². The minimum absolute atomic E-state index is 0.177. The van der Waals surface area contributed by atoms with Crippen molar-refractivity contribution in [2.24, 2.45) is 0 Å². The summed E-state index contributed by atoms with van der Waals surface area (Å²) in [5.74, 6) is 0.388. The first-order chi connectivity index (χ1) is 11.2. The van der Waals surface area contributed by atoms with Gasteiger partial charge in [0.2, 0.25) is 0 Å². The van der Waals surface area contributed by atoms with Gasteiger partial charge in [-0.05, 0) is 31.9 Å². The maximum absolute atomic E-state index is 12.2. The van der Waals surface area contributed by atoms with Crippen LogP contribution in [-0.2, 0) is 16.0 Å². The lowest BCUT2D eigenvalue weighted by molar-refractivity contribution is -0.126. The molecule has 0 spiro atoms. The summed E-state index contributed by atoms with van der Waals surface area (Å²) in [5.41, 5.74) is 2.88. The van der Waals surface area contributed by atoms with Crippen LogP contribution in [0.4, 0.5) is 5.82 Å². The van der Waals surface area contributed by atoms with Crippen molar-refractivity contribution in [1.29, 1.82) is 0 Å². The second kappa shape index (κ2) is 8.43. The Kier molecular flexibility index (Phi) is 6.29. The number of hydrogen-bond donors (Lipinski definition) is 2. The van der Waals surface area contributed by atoms with Crippen LogP contribution in [0.15, 0.2) is 24.5 Å². The smallest absolute Gasteiger partial charge is 0.254 e. The molecule has 2 N–H and O–H groups in total. The lowest BCUT2D eigenvalue weighted by Gasteiger charge is -2.12. The summed E-state index contributed by atoms with van der Waals surface area (Å²) >= 11 is 0. The molecule has 0 aliphatic carbocycles. The number of H-pyrrole nitrogens is 1. The van der Waals surface area contributed by atoms with Crippen molar-refractivity contribution in [2.75, 3.05) is 11.9 Å². The summed E-state index contributed by atoms with van der Waals surface area (Å²) in [7, 11) is 0. The lowest BCUT2D eigenvalue weighted by atomic mass is 10.1. The predicted octanol–water partition coefficient (Wildman–Crippen LogP) is 3.18. The van der Waals surface area contributed by atoms with Crippen molar-refractivity contribution in [1.82, 2.24) is 15.2 Å². The summed E-state index contributed by atoms with van der Waals surface area (Å²) < 4.78 is 5.52. The number of nitrogens with one attached hydrogen (secondary N) is 2. The Bertz CT molecular complexity index is 625. The molecule has 0 radical (unpaired) electrons. The molecule has 0 fully saturated rings. The van der Waals surface area contributed by atoms with E-state index in [1.807, 2.05) is 19.1 Å². The Morgan fingerprint density at radius 2 is 2.09 bits per heavy atom. The highest BCUT2D eigenvalue weighted by Crippen LogP contribution is 2.26. The first-order valence-corrected chi connectivity index (χ1v) is 8.07. The predicted molar refractivity (Wildman–Crippen MR) is 90.1 cm³/mol. The van der Waals surface area contributed by atoms with Crippen LogP contribution in [0.25, 0.3) is 11.3 Å². The molecule has 1 atom stereocenters. The summed E-state index contributed by atoms with van der Waals surface area (Å²) in [6, 6.07) is 3.82. The van der Waals surface area contributed by atoms with Crippen molar-refractivity contribution >= 4 is 11.7 Å². The van der Waals surface area contributed by atoms with E-state index in [0.717, 1.165) is 36.1 Å². The molecular weight excluding hydrogens is 292 g/mol. The molecule has 0 saturated carbocycles. The maximum atomic E-state index is 12.2. The number of pyridine rings is 1. The zero-order valence-corrected chi connectivity index (χ0v) is 13.9. The SMILES string of the molecule is CCCCOC(C)C(=O)Nc1n[nH]c(-c2ccncc2)c1CC. The van der Waals surface area contributed by atoms with Crippen LogP contribution in [0.5, 0.6) is 0 Å². The van der Waals surface area contributed by atoms with E-state index in [0.29, 0.717) is 12.4 Å². The van der Waals surface area contributed by atoms with Gasteiger partial charge in [-0.15, -0.1) is 0 Å². The van der Waals surface area contributed by atoms with Gasteiger partial charge < -0.3 is 10.1 Å². The van der Waals surface area contributed by atoms with Gasteiger partial charge >= 0.3 is 0 Å². The summed E-state index contributed by atoms with van der Waals surface area (Å²) in [5, 5.41) is 10.1. The summed E-state index contributed by atoms with van der Waals surface area (Å²) in [6.07, 6.45) is 5.73. The number of unbranched alkanes of at least 4 members (excludes halogenated alkanes) is 1. The largest absolute Gasteiger partial charge is 0.369 e. The Morgan fingerprint density at radius 3 is 2.74 bits per heavy atom. The molecule has 2 aromatic heterocycles. The Hall–Kier alpha value is -2.21. The van der Waals surface area contributed by atoms with Gasteiger partial charge in [0.05, 0.1) is 5.69 Å². The molecule has 0 bridgehead atoms. The third-order valence-corrected chi connectivity index (χ3v) is 3.67. The highest BCUT2D eigenvalue weighted by molar-refractivity contribution is 5.94. The number of amides is 1. The van der Waals surface area contributed by atoms with Gasteiger partial charge in [0.25, 0.3) is 5.91 Å². The number of hydrogen-bond acceptors (Lipinski definition) is 4. The third kappa shape index (κ3) is 4.39. The molecule has 0 aliphatic heterocycles. The first kappa shape index (κ1) is 17.1. The molecular formula is C17H24N4O2. The Labute approximate surface area is 136 Å². The third-order valence-electron chi connectivity index (χ3n) is 3.67. The highest BCUT2D eigenvalue weighted by Gasteiger charge is 2.19.